The number of fused-ring (bicyclic) bond motifs is 3. The van der Waals surface area contributed by atoms with Crippen LogP contribution in [0.15, 0.2) is 47.5 Å². The van der Waals surface area contributed by atoms with E-state index in [2.05, 4.69) is 17.1 Å². The molecule has 0 unspecified atom stereocenters. The Hall–Kier alpha value is -3.65. The summed E-state index contributed by atoms with van der Waals surface area (Å²) in [6, 6.07) is 9.16. The highest BCUT2D eigenvalue weighted by atomic mass is 16.6. The van der Waals surface area contributed by atoms with E-state index in [-0.39, 0.29) is 11.6 Å². The molecule has 0 spiro atoms. The fraction of sp³-hybridized carbons (Fsp3) is 0.393. The number of anilines is 1. The second-order valence-corrected chi connectivity index (χ2v) is 9.94. The average Bonchev–Trinajstić information content (AvgIpc) is 2.85. The number of hydrogen-bond donors (Lipinski definition) is 1. The highest BCUT2D eigenvalue weighted by molar-refractivity contribution is 5.97. The van der Waals surface area contributed by atoms with Gasteiger partial charge in [0, 0.05) is 33.3 Å². The van der Waals surface area contributed by atoms with Crippen molar-refractivity contribution in [2.75, 3.05) is 32.6 Å². The van der Waals surface area contributed by atoms with Crippen LogP contribution in [0.5, 0.6) is 5.75 Å². The number of aromatic nitrogens is 2. The number of amides is 1. The Kier molecular flexibility index (Phi) is 6.53. The van der Waals surface area contributed by atoms with Gasteiger partial charge in [0.1, 0.15) is 11.3 Å². The van der Waals surface area contributed by atoms with Crippen molar-refractivity contribution >= 4 is 28.8 Å². The highest BCUT2D eigenvalue weighted by Gasteiger charge is 2.27. The van der Waals surface area contributed by atoms with Crippen molar-refractivity contribution in [3.05, 3.63) is 69.8 Å². The average molecular weight is 489 g/mol. The predicted octanol–water partition coefficient (Wildman–Crippen LogP) is 3.99. The first-order chi connectivity index (χ1) is 17.3. The molecule has 2 aromatic carbocycles. The lowest BCUT2D eigenvalue weighted by molar-refractivity contribution is 0.0735. The van der Waals surface area contributed by atoms with Crippen LogP contribution in [0.2, 0.25) is 0 Å². The second-order valence-electron chi connectivity index (χ2n) is 9.94. The third kappa shape index (κ3) is 4.48. The minimum absolute atomic E-state index is 0.119. The molecule has 5 rings (SSSR count). The van der Waals surface area contributed by atoms with Gasteiger partial charge in [-0.3, -0.25) is 9.36 Å². The van der Waals surface area contributed by atoms with Crippen LogP contribution in [0, 0.1) is 0 Å². The first-order valence-electron chi connectivity index (χ1n) is 12.4. The van der Waals surface area contributed by atoms with Crippen molar-refractivity contribution in [3.8, 4) is 5.75 Å². The van der Waals surface area contributed by atoms with Crippen molar-refractivity contribution in [1.29, 1.82) is 0 Å². The normalized spacial score (nSPS) is 19.3. The Morgan fingerprint density at radius 2 is 2.03 bits per heavy atom. The zero-order valence-corrected chi connectivity index (χ0v) is 21.0. The smallest absolute Gasteiger partial charge is 0.410 e. The number of benzene rings is 2. The van der Waals surface area contributed by atoms with E-state index in [1.54, 1.807) is 31.1 Å². The van der Waals surface area contributed by atoms with E-state index in [0.29, 0.717) is 29.5 Å². The molecule has 1 amide bonds. The number of hydrogen-bond acceptors (Lipinski definition) is 6. The highest BCUT2D eigenvalue weighted by Crippen LogP contribution is 2.36. The lowest BCUT2D eigenvalue weighted by Crippen LogP contribution is -2.35. The molecular weight excluding hydrogens is 456 g/mol. The van der Waals surface area contributed by atoms with Crippen LogP contribution in [0.1, 0.15) is 48.4 Å². The van der Waals surface area contributed by atoms with Gasteiger partial charge in [-0.2, -0.15) is 0 Å². The van der Waals surface area contributed by atoms with E-state index in [0.717, 1.165) is 48.2 Å². The lowest BCUT2D eigenvalue weighted by Gasteiger charge is -2.30. The number of carbonyl (C=O) groups excluding carboxylic acids is 1. The Balaban J connectivity index is 1.60. The molecule has 1 saturated carbocycles. The number of aliphatic hydroxyl groups is 1. The Morgan fingerprint density at radius 3 is 2.81 bits per heavy atom. The van der Waals surface area contributed by atoms with Gasteiger partial charge in [-0.05, 0) is 48.6 Å². The molecule has 3 aromatic rings. The van der Waals surface area contributed by atoms with E-state index in [1.807, 2.05) is 31.3 Å². The molecule has 1 aliphatic carbocycles. The largest absolute Gasteiger partial charge is 0.414 e. The maximum Gasteiger partial charge on any atom is 0.414 e. The molecule has 36 heavy (non-hydrogen) atoms. The maximum atomic E-state index is 13.7. The number of carbonyl (C=O) groups is 1. The number of aliphatic hydroxyl groups excluding tert-OH is 1. The summed E-state index contributed by atoms with van der Waals surface area (Å²) < 4.78 is 7.07. The summed E-state index contributed by atoms with van der Waals surface area (Å²) in [6.07, 6.45) is 8.84. The quantitative estimate of drug-likeness (QED) is 0.598. The van der Waals surface area contributed by atoms with Crippen molar-refractivity contribution in [2.24, 2.45) is 0 Å². The summed E-state index contributed by atoms with van der Waals surface area (Å²) in [5.41, 5.74) is 4.50. The van der Waals surface area contributed by atoms with Crippen LogP contribution in [0.25, 0.3) is 17.0 Å². The molecule has 1 aromatic heterocycles. The van der Waals surface area contributed by atoms with E-state index in [9.17, 15) is 14.7 Å². The third-order valence-corrected chi connectivity index (χ3v) is 7.14. The molecule has 2 atom stereocenters. The molecule has 2 aliphatic rings. The standard InChI is InChI=1S/C28H32N4O4/c1-30(2)28(35)36-20-9-6-8-18(15-20)14-19-16-22-25(26-21(19)10-7-13-31(26)3)29-17-32(27(22)34)23-11-4-5-12-24(23)33/h6-10,15-17,23-24,33H,4-5,11-14H2,1-3H3/t23-,24-/m0/s1. The summed E-state index contributed by atoms with van der Waals surface area (Å²) in [7, 11) is 5.29. The van der Waals surface area contributed by atoms with E-state index in [1.165, 1.54) is 4.90 Å². The number of ether oxygens (including phenoxy) is 1. The summed E-state index contributed by atoms with van der Waals surface area (Å²) in [5, 5.41) is 11.1. The SMILES string of the molecule is CN(C)C(=O)Oc1cccc(Cc2cc3c(=O)n([C@H]4CCCC[C@@H]4O)cnc3c3c2C=CCN3C)c1. The van der Waals surface area contributed by atoms with Gasteiger partial charge in [-0.25, -0.2) is 9.78 Å². The third-order valence-electron chi connectivity index (χ3n) is 7.14. The molecule has 1 N–H and O–H groups in total. The van der Waals surface area contributed by atoms with Crippen LogP contribution in [-0.2, 0) is 6.42 Å². The van der Waals surface area contributed by atoms with Crippen LogP contribution < -0.4 is 15.2 Å². The number of nitrogens with zero attached hydrogens (tertiary/aromatic N) is 4. The van der Waals surface area contributed by atoms with Crippen molar-refractivity contribution in [2.45, 2.75) is 44.2 Å². The van der Waals surface area contributed by atoms with Gasteiger partial charge in [-0.1, -0.05) is 37.1 Å². The lowest BCUT2D eigenvalue weighted by atomic mass is 9.91. The van der Waals surface area contributed by atoms with E-state index >= 15 is 0 Å². The zero-order valence-electron chi connectivity index (χ0n) is 21.0. The molecule has 8 nitrogen and oxygen atoms in total. The van der Waals surface area contributed by atoms with Gasteiger partial charge >= 0.3 is 6.09 Å². The molecule has 1 fully saturated rings. The first-order valence-corrected chi connectivity index (χ1v) is 12.4. The van der Waals surface area contributed by atoms with Crippen LogP contribution >= 0.6 is 0 Å². The van der Waals surface area contributed by atoms with Gasteiger partial charge in [-0.15, -0.1) is 0 Å². The van der Waals surface area contributed by atoms with Gasteiger partial charge in [0.25, 0.3) is 5.56 Å². The first kappa shape index (κ1) is 24.1. The monoisotopic (exact) mass is 488 g/mol. The fourth-order valence-electron chi connectivity index (χ4n) is 5.25. The minimum atomic E-state index is -0.536. The molecule has 0 bridgehead atoms. The van der Waals surface area contributed by atoms with Gasteiger partial charge in [0.15, 0.2) is 0 Å². The number of likely N-dealkylation sites (N-methyl/N-ethyl adjacent to an activating group) is 1. The van der Waals surface area contributed by atoms with Crippen LogP contribution in [0.3, 0.4) is 0 Å². The molecule has 0 saturated heterocycles. The summed E-state index contributed by atoms with van der Waals surface area (Å²) in [4.78, 5) is 34.0. The van der Waals surface area contributed by atoms with Crippen molar-refractivity contribution < 1.29 is 14.6 Å². The predicted molar refractivity (Wildman–Crippen MR) is 141 cm³/mol. The van der Waals surface area contributed by atoms with Crippen LogP contribution in [-0.4, -0.2) is 59.4 Å². The molecule has 8 heteroatoms. The summed E-state index contributed by atoms with van der Waals surface area (Å²) in [5.74, 6) is 0.476. The maximum absolute atomic E-state index is 13.7. The second kappa shape index (κ2) is 9.78. The van der Waals surface area contributed by atoms with Gasteiger partial charge in [0.05, 0.1) is 29.5 Å². The minimum Gasteiger partial charge on any atom is -0.410 e. The van der Waals surface area contributed by atoms with Gasteiger partial charge < -0.3 is 19.6 Å². The van der Waals surface area contributed by atoms with E-state index < -0.39 is 12.2 Å². The van der Waals surface area contributed by atoms with E-state index in [4.69, 9.17) is 9.72 Å². The molecular formula is C28H32N4O4. The Morgan fingerprint density at radius 1 is 1.22 bits per heavy atom. The number of rotatable bonds is 4. The Bertz CT molecular complexity index is 1390. The van der Waals surface area contributed by atoms with Crippen molar-refractivity contribution in [1.82, 2.24) is 14.5 Å². The summed E-state index contributed by atoms with van der Waals surface area (Å²) in [6.45, 7) is 0.730. The van der Waals surface area contributed by atoms with Crippen LogP contribution in [0.4, 0.5) is 10.5 Å². The topological polar surface area (TPSA) is 87.9 Å². The molecule has 1 aliphatic heterocycles. The zero-order chi connectivity index (χ0) is 25.4. The Labute approximate surface area is 210 Å². The van der Waals surface area contributed by atoms with Crippen molar-refractivity contribution in [3.63, 3.8) is 0 Å². The molecule has 188 valence electrons. The van der Waals surface area contributed by atoms with Gasteiger partial charge in [0.2, 0.25) is 0 Å². The summed E-state index contributed by atoms with van der Waals surface area (Å²) >= 11 is 0. The molecule has 2 heterocycles. The molecule has 0 radical (unpaired) electrons. The fourth-order valence-corrected chi connectivity index (χ4v) is 5.25.